The average Bonchev–Trinajstić information content (AvgIpc) is 2.65. The van der Waals surface area contributed by atoms with Crippen LogP contribution in [0.3, 0.4) is 0 Å². The molecule has 7 heteroatoms. The Balaban J connectivity index is 1.78. The van der Waals surface area contributed by atoms with Crippen molar-refractivity contribution >= 4 is 28.4 Å². The molecule has 0 spiro atoms. The van der Waals surface area contributed by atoms with Gasteiger partial charge in [-0.2, -0.15) is 0 Å². The number of fused-ring (bicyclic) bond motifs is 1. The lowest BCUT2D eigenvalue weighted by atomic mass is 10.1. The van der Waals surface area contributed by atoms with Gasteiger partial charge in [-0.15, -0.1) is 0 Å². The molecule has 0 aliphatic carbocycles. The van der Waals surface area contributed by atoms with E-state index < -0.39 is 11.8 Å². The molecule has 2 aromatic carbocycles. The van der Waals surface area contributed by atoms with Gasteiger partial charge in [0.1, 0.15) is 0 Å². The van der Waals surface area contributed by atoms with Gasteiger partial charge in [0.25, 0.3) is 11.8 Å². The molecule has 0 aliphatic rings. The third-order valence-corrected chi connectivity index (χ3v) is 3.91. The number of hydrazine groups is 1. The van der Waals surface area contributed by atoms with E-state index in [-0.39, 0.29) is 11.1 Å². The van der Waals surface area contributed by atoms with E-state index in [1.54, 1.807) is 42.5 Å². The first kappa shape index (κ1) is 17.2. The summed E-state index contributed by atoms with van der Waals surface area (Å²) in [5.41, 5.74) is 6.36. The van der Waals surface area contributed by atoms with Crippen LogP contribution >= 0.6 is 0 Å². The van der Waals surface area contributed by atoms with Crippen molar-refractivity contribution in [2.75, 3.05) is 19.0 Å². The zero-order valence-corrected chi connectivity index (χ0v) is 14.4. The first-order valence-electron chi connectivity index (χ1n) is 7.96. The first-order chi connectivity index (χ1) is 12.5. The minimum absolute atomic E-state index is 0.187. The Morgan fingerprint density at radius 3 is 2.42 bits per heavy atom. The highest BCUT2D eigenvalue weighted by molar-refractivity contribution is 6.07. The number of rotatable bonds is 3. The third kappa shape index (κ3) is 3.56. The summed E-state index contributed by atoms with van der Waals surface area (Å²) in [6.07, 6.45) is 0. The molecule has 0 unspecified atom stereocenters. The van der Waals surface area contributed by atoms with Crippen LogP contribution in [-0.4, -0.2) is 30.9 Å². The van der Waals surface area contributed by atoms with E-state index in [1.165, 1.54) is 6.07 Å². The number of hydrogen-bond donors (Lipinski definition) is 3. The van der Waals surface area contributed by atoms with Gasteiger partial charge in [0.2, 0.25) is 5.56 Å². The predicted octanol–water partition coefficient (Wildman–Crippen LogP) is 1.67. The molecule has 0 aliphatic heterocycles. The molecule has 0 radical (unpaired) electrons. The Morgan fingerprint density at radius 2 is 1.65 bits per heavy atom. The molecule has 26 heavy (non-hydrogen) atoms. The number of benzene rings is 2. The molecule has 2 amide bonds. The molecule has 3 aromatic rings. The SMILES string of the molecule is CN(C)c1cccc(C(=O)NNC(=O)c2cc(=O)[nH]c3ccccc23)c1. The number of nitrogens with one attached hydrogen (secondary N) is 3. The van der Waals surface area contributed by atoms with Gasteiger partial charge >= 0.3 is 0 Å². The zero-order chi connectivity index (χ0) is 18.7. The highest BCUT2D eigenvalue weighted by Gasteiger charge is 2.13. The lowest BCUT2D eigenvalue weighted by Gasteiger charge is -2.14. The number of pyridine rings is 1. The van der Waals surface area contributed by atoms with Crippen LogP contribution in [0, 0.1) is 0 Å². The summed E-state index contributed by atoms with van der Waals surface area (Å²) >= 11 is 0. The van der Waals surface area contributed by atoms with Gasteiger partial charge in [-0.3, -0.25) is 25.2 Å². The quantitative estimate of drug-likeness (QED) is 0.626. The Labute approximate surface area is 149 Å². The predicted molar refractivity (Wildman–Crippen MR) is 100 cm³/mol. The minimum Gasteiger partial charge on any atom is -0.378 e. The molecule has 0 bridgehead atoms. The Hall–Kier alpha value is -3.61. The van der Waals surface area contributed by atoms with Crippen LogP contribution in [0.1, 0.15) is 20.7 Å². The van der Waals surface area contributed by atoms with E-state index in [4.69, 9.17) is 0 Å². The number of hydrogen-bond acceptors (Lipinski definition) is 4. The number of carbonyl (C=O) groups excluding carboxylic acids is 2. The van der Waals surface area contributed by atoms with E-state index in [0.29, 0.717) is 16.5 Å². The summed E-state index contributed by atoms with van der Waals surface area (Å²) in [4.78, 5) is 41.0. The first-order valence-corrected chi connectivity index (χ1v) is 7.96. The molecule has 0 saturated carbocycles. The zero-order valence-electron chi connectivity index (χ0n) is 14.4. The Bertz CT molecular complexity index is 1040. The van der Waals surface area contributed by atoms with Gasteiger partial charge in [0.05, 0.1) is 5.56 Å². The summed E-state index contributed by atoms with van der Waals surface area (Å²) in [7, 11) is 3.74. The Kier molecular flexibility index (Phi) is 4.70. The molecular formula is C19H18N4O3. The second-order valence-electron chi connectivity index (χ2n) is 5.95. The number of carbonyl (C=O) groups is 2. The standard InChI is InChI=1S/C19H18N4O3/c1-23(2)13-7-5-6-12(10-13)18(25)21-22-19(26)15-11-17(24)20-16-9-4-3-8-14(15)16/h3-11H,1-2H3,(H,20,24)(H,21,25)(H,22,26). The van der Waals surface area contributed by atoms with E-state index in [0.717, 1.165) is 5.69 Å². The maximum absolute atomic E-state index is 12.4. The van der Waals surface area contributed by atoms with Gasteiger partial charge in [-0.1, -0.05) is 24.3 Å². The molecule has 0 fully saturated rings. The van der Waals surface area contributed by atoms with Crippen LogP contribution in [0.2, 0.25) is 0 Å². The van der Waals surface area contributed by atoms with Gasteiger partial charge in [-0.25, -0.2) is 0 Å². The van der Waals surface area contributed by atoms with E-state index >= 15 is 0 Å². The molecule has 0 saturated heterocycles. The van der Waals surface area contributed by atoms with Crippen LogP contribution in [0.25, 0.3) is 10.9 Å². The van der Waals surface area contributed by atoms with Crippen molar-refractivity contribution in [1.82, 2.24) is 15.8 Å². The number of para-hydroxylation sites is 1. The van der Waals surface area contributed by atoms with Crippen LogP contribution < -0.4 is 21.3 Å². The van der Waals surface area contributed by atoms with Crippen molar-refractivity contribution in [2.24, 2.45) is 0 Å². The third-order valence-electron chi connectivity index (χ3n) is 3.91. The molecule has 132 valence electrons. The Morgan fingerprint density at radius 1 is 0.923 bits per heavy atom. The van der Waals surface area contributed by atoms with Crippen LogP contribution in [0.4, 0.5) is 5.69 Å². The van der Waals surface area contributed by atoms with Crippen LogP contribution in [0.5, 0.6) is 0 Å². The fourth-order valence-corrected chi connectivity index (χ4v) is 2.57. The van der Waals surface area contributed by atoms with Gasteiger partial charge in [0, 0.05) is 42.3 Å². The van der Waals surface area contributed by atoms with Crippen molar-refractivity contribution in [3.63, 3.8) is 0 Å². The lowest BCUT2D eigenvalue weighted by molar-refractivity contribution is 0.0847. The van der Waals surface area contributed by atoms with E-state index in [2.05, 4.69) is 15.8 Å². The number of anilines is 1. The van der Waals surface area contributed by atoms with Crippen molar-refractivity contribution in [1.29, 1.82) is 0 Å². The molecule has 1 heterocycles. The smallest absolute Gasteiger partial charge is 0.270 e. The number of aromatic nitrogens is 1. The van der Waals surface area contributed by atoms with E-state index in [1.807, 2.05) is 25.1 Å². The van der Waals surface area contributed by atoms with Gasteiger partial charge in [-0.05, 0) is 24.3 Å². The monoisotopic (exact) mass is 350 g/mol. The maximum Gasteiger partial charge on any atom is 0.270 e. The number of nitrogens with zero attached hydrogens (tertiary/aromatic N) is 1. The fourth-order valence-electron chi connectivity index (χ4n) is 2.57. The summed E-state index contributed by atoms with van der Waals surface area (Å²) < 4.78 is 0. The minimum atomic E-state index is -0.565. The summed E-state index contributed by atoms with van der Waals surface area (Å²) in [6, 6.07) is 15.2. The second-order valence-corrected chi connectivity index (χ2v) is 5.95. The summed E-state index contributed by atoms with van der Waals surface area (Å²) in [5.74, 6) is -1.01. The average molecular weight is 350 g/mol. The number of H-pyrrole nitrogens is 1. The van der Waals surface area contributed by atoms with Crippen LogP contribution in [-0.2, 0) is 0 Å². The largest absolute Gasteiger partial charge is 0.378 e. The van der Waals surface area contributed by atoms with Crippen LogP contribution in [0.15, 0.2) is 59.4 Å². The van der Waals surface area contributed by atoms with Gasteiger partial charge < -0.3 is 9.88 Å². The van der Waals surface area contributed by atoms with Crippen molar-refractivity contribution < 1.29 is 9.59 Å². The number of aromatic amines is 1. The van der Waals surface area contributed by atoms with Crippen molar-refractivity contribution in [3.8, 4) is 0 Å². The molecular weight excluding hydrogens is 332 g/mol. The van der Waals surface area contributed by atoms with Crippen molar-refractivity contribution in [3.05, 3.63) is 76.1 Å². The highest BCUT2D eigenvalue weighted by Crippen LogP contribution is 2.15. The van der Waals surface area contributed by atoms with Crippen molar-refractivity contribution in [2.45, 2.75) is 0 Å². The molecule has 3 rings (SSSR count). The molecule has 0 atom stereocenters. The topological polar surface area (TPSA) is 94.3 Å². The van der Waals surface area contributed by atoms with Gasteiger partial charge in [0.15, 0.2) is 0 Å². The summed E-state index contributed by atoms with van der Waals surface area (Å²) in [5, 5.41) is 0.591. The highest BCUT2D eigenvalue weighted by atomic mass is 16.2. The molecule has 3 N–H and O–H groups in total. The molecule has 7 nitrogen and oxygen atoms in total. The second kappa shape index (κ2) is 7.10. The lowest BCUT2D eigenvalue weighted by Crippen LogP contribution is -2.42. The normalized spacial score (nSPS) is 10.4. The number of amides is 2. The fraction of sp³-hybridized carbons (Fsp3) is 0.105. The maximum atomic E-state index is 12.4. The molecule has 1 aromatic heterocycles. The summed E-state index contributed by atoms with van der Waals surface area (Å²) in [6.45, 7) is 0. The van der Waals surface area contributed by atoms with E-state index in [9.17, 15) is 14.4 Å².